The van der Waals surface area contributed by atoms with E-state index in [4.69, 9.17) is 28.4 Å². The van der Waals surface area contributed by atoms with Gasteiger partial charge in [0.2, 0.25) is 11.9 Å². The van der Waals surface area contributed by atoms with Crippen LogP contribution in [0, 0.1) is 0 Å². The number of hydrogen-bond acceptors (Lipinski definition) is 13. The average Bonchev–Trinajstić information content (AvgIpc) is 3.62. The zero-order chi connectivity index (χ0) is 28.6. The first-order valence-corrected chi connectivity index (χ1v) is 14.5. The summed E-state index contributed by atoms with van der Waals surface area (Å²) in [5.74, 6) is -0.758. The Kier molecular flexibility index (Phi) is 8.04. The molecular formula is C27H41N7O7. The van der Waals surface area contributed by atoms with Crippen molar-refractivity contribution in [2.45, 2.75) is 121 Å². The molecule has 4 aliphatic rings. The number of nitrogens with one attached hydrogen (secondary N) is 2. The molecular weight excluding hydrogens is 534 g/mol. The van der Waals surface area contributed by atoms with Crippen LogP contribution in [0.25, 0.3) is 0 Å². The molecule has 5 atom stereocenters. The Morgan fingerprint density at radius 1 is 0.951 bits per heavy atom. The molecule has 5 heterocycles. The molecule has 6 rings (SSSR count). The van der Waals surface area contributed by atoms with E-state index in [0.29, 0.717) is 18.4 Å². The molecule has 0 spiro atoms. The number of aryl methyl sites for hydroxylation is 1. The number of nitrogens with zero attached hydrogens (tertiary/aromatic N) is 5. The summed E-state index contributed by atoms with van der Waals surface area (Å²) in [6.07, 6.45) is 6.96. The van der Waals surface area contributed by atoms with Gasteiger partial charge >= 0.3 is 6.01 Å². The SMILES string of the molecule is CC1(C)O[C@H]2[C@@H](O1)[C@@H](COc1nc(NCCCn3ccnc3)nc(NC3CCC(O)CC3)n1)O[C@@H]1OC(C)(C)O[C@@H]12. The Morgan fingerprint density at radius 2 is 1.68 bits per heavy atom. The van der Waals surface area contributed by atoms with Gasteiger partial charge in [-0.3, -0.25) is 0 Å². The van der Waals surface area contributed by atoms with Crippen LogP contribution in [0.3, 0.4) is 0 Å². The Bertz CT molecular complexity index is 1160. The molecule has 0 amide bonds. The maximum Gasteiger partial charge on any atom is 0.323 e. The first kappa shape index (κ1) is 28.5. The zero-order valence-electron chi connectivity index (χ0n) is 24.1. The maximum absolute atomic E-state index is 9.89. The molecule has 3 aliphatic heterocycles. The molecule has 0 radical (unpaired) electrons. The van der Waals surface area contributed by atoms with E-state index in [0.717, 1.165) is 38.6 Å². The number of anilines is 2. The van der Waals surface area contributed by atoms with E-state index >= 15 is 0 Å². The summed E-state index contributed by atoms with van der Waals surface area (Å²) in [6, 6.07) is 0.330. The summed E-state index contributed by atoms with van der Waals surface area (Å²) in [6.45, 7) is 9.05. The average molecular weight is 576 g/mol. The lowest BCUT2D eigenvalue weighted by Crippen LogP contribution is -2.56. The molecule has 1 aliphatic carbocycles. The van der Waals surface area contributed by atoms with E-state index < -0.39 is 36.2 Å². The van der Waals surface area contributed by atoms with Gasteiger partial charge in [0.25, 0.3) is 0 Å². The number of ether oxygens (including phenoxy) is 6. The Balaban J connectivity index is 1.14. The third kappa shape index (κ3) is 6.89. The van der Waals surface area contributed by atoms with Gasteiger partial charge in [-0.05, 0) is 59.8 Å². The number of imidazole rings is 1. The number of aliphatic hydroxyl groups excluding tert-OH is 1. The standard InChI is InChI=1S/C27H41N7O7/c1-26(2)38-19-18(37-22-21(20(19)39-26)40-27(3,4)41-22)14-36-25-32-23(29-10-5-12-34-13-11-28-15-34)31-24(33-25)30-16-6-8-17(35)9-7-16/h11,13,15-22,35H,5-10,12,14H2,1-4H3,(H2,29,30,31,32,33)/t16?,17?,18-,19+,20+,21-,22-/m1/s1. The van der Waals surface area contributed by atoms with Gasteiger partial charge in [0, 0.05) is 31.5 Å². The van der Waals surface area contributed by atoms with Crippen LogP contribution in [0.15, 0.2) is 18.7 Å². The fraction of sp³-hybridized carbons (Fsp3) is 0.778. The summed E-state index contributed by atoms with van der Waals surface area (Å²) in [7, 11) is 0. The summed E-state index contributed by atoms with van der Waals surface area (Å²) in [4.78, 5) is 17.7. The molecule has 3 saturated heterocycles. The first-order chi connectivity index (χ1) is 19.6. The van der Waals surface area contributed by atoms with Gasteiger partial charge in [-0.2, -0.15) is 15.0 Å². The topological polar surface area (TPSA) is 156 Å². The van der Waals surface area contributed by atoms with E-state index in [9.17, 15) is 5.11 Å². The van der Waals surface area contributed by atoms with Crippen LogP contribution in [0.5, 0.6) is 6.01 Å². The van der Waals surface area contributed by atoms with Crippen LogP contribution < -0.4 is 15.4 Å². The first-order valence-electron chi connectivity index (χ1n) is 14.5. The van der Waals surface area contributed by atoms with Crippen LogP contribution in [0.2, 0.25) is 0 Å². The van der Waals surface area contributed by atoms with Crippen molar-refractivity contribution in [1.29, 1.82) is 0 Å². The molecule has 1 saturated carbocycles. The van der Waals surface area contributed by atoms with Crippen molar-refractivity contribution < 1.29 is 33.5 Å². The molecule has 41 heavy (non-hydrogen) atoms. The monoisotopic (exact) mass is 575 g/mol. The fourth-order valence-corrected chi connectivity index (χ4v) is 5.83. The minimum atomic E-state index is -0.798. The molecule has 2 aromatic heterocycles. The largest absolute Gasteiger partial charge is 0.460 e. The van der Waals surface area contributed by atoms with Crippen LogP contribution in [0.4, 0.5) is 11.9 Å². The van der Waals surface area contributed by atoms with Gasteiger partial charge in [-0.15, -0.1) is 0 Å². The van der Waals surface area contributed by atoms with Crippen LogP contribution >= 0.6 is 0 Å². The third-order valence-corrected chi connectivity index (χ3v) is 7.71. The summed E-state index contributed by atoms with van der Waals surface area (Å²) >= 11 is 0. The van der Waals surface area contributed by atoms with Crippen LogP contribution in [-0.4, -0.2) is 97.2 Å². The molecule has 3 N–H and O–H groups in total. The van der Waals surface area contributed by atoms with Crippen molar-refractivity contribution in [2.75, 3.05) is 23.8 Å². The predicted octanol–water partition coefficient (Wildman–Crippen LogP) is 2.06. The summed E-state index contributed by atoms with van der Waals surface area (Å²) in [5, 5.41) is 16.6. The van der Waals surface area contributed by atoms with Crippen LogP contribution in [0.1, 0.15) is 59.8 Å². The zero-order valence-corrected chi connectivity index (χ0v) is 24.1. The van der Waals surface area contributed by atoms with Crippen LogP contribution in [-0.2, 0) is 30.2 Å². The lowest BCUT2D eigenvalue weighted by molar-refractivity contribution is -0.238. The van der Waals surface area contributed by atoms with Crippen molar-refractivity contribution in [3.05, 3.63) is 18.7 Å². The smallest absolute Gasteiger partial charge is 0.323 e. The van der Waals surface area contributed by atoms with E-state index in [-0.39, 0.29) is 30.9 Å². The highest BCUT2D eigenvalue weighted by atomic mass is 16.9. The number of fused-ring (bicyclic) bond motifs is 3. The van der Waals surface area contributed by atoms with Gasteiger partial charge in [-0.1, -0.05) is 0 Å². The van der Waals surface area contributed by atoms with Crippen molar-refractivity contribution in [1.82, 2.24) is 24.5 Å². The van der Waals surface area contributed by atoms with Crippen molar-refractivity contribution in [2.24, 2.45) is 0 Å². The fourth-order valence-electron chi connectivity index (χ4n) is 5.83. The van der Waals surface area contributed by atoms with Gasteiger partial charge in [-0.25, -0.2) is 4.98 Å². The quantitative estimate of drug-likeness (QED) is 0.354. The number of aliphatic hydroxyl groups is 1. The van der Waals surface area contributed by atoms with Gasteiger partial charge in [0.15, 0.2) is 17.9 Å². The number of hydrogen-bond donors (Lipinski definition) is 3. The second-order valence-corrected chi connectivity index (χ2v) is 12.0. The highest BCUT2D eigenvalue weighted by Gasteiger charge is 2.60. The van der Waals surface area contributed by atoms with E-state index in [1.165, 1.54) is 0 Å². The molecule has 0 bridgehead atoms. The van der Waals surface area contributed by atoms with Crippen molar-refractivity contribution >= 4 is 11.9 Å². The highest BCUT2D eigenvalue weighted by molar-refractivity contribution is 5.36. The second kappa shape index (κ2) is 11.6. The van der Waals surface area contributed by atoms with Crippen molar-refractivity contribution in [3.8, 4) is 6.01 Å². The summed E-state index contributed by atoms with van der Waals surface area (Å²) < 4.78 is 38.9. The second-order valence-electron chi connectivity index (χ2n) is 12.0. The number of aromatic nitrogens is 5. The Labute approximate surface area is 239 Å². The molecule has 14 heteroatoms. The molecule has 4 fully saturated rings. The molecule has 226 valence electrons. The molecule has 0 unspecified atom stereocenters. The minimum absolute atomic E-state index is 0.118. The maximum atomic E-state index is 9.89. The van der Waals surface area contributed by atoms with Gasteiger partial charge in [0.05, 0.1) is 12.4 Å². The van der Waals surface area contributed by atoms with Crippen molar-refractivity contribution in [3.63, 3.8) is 0 Å². The third-order valence-electron chi connectivity index (χ3n) is 7.71. The number of rotatable bonds is 10. The highest BCUT2D eigenvalue weighted by Crippen LogP contribution is 2.44. The van der Waals surface area contributed by atoms with Gasteiger partial charge in [0.1, 0.15) is 31.0 Å². The Hall–Kier alpha value is -2.62. The minimum Gasteiger partial charge on any atom is -0.460 e. The molecule has 14 nitrogen and oxygen atoms in total. The lowest BCUT2D eigenvalue weighted by atomic mass is 9.93. The lowest BCUT2D eigenvalue weighted by Gasteiger charge is -2.36. The summed E-state index contributed by atoms with van der Waals surface area (Å²) in [5.41, 5.74) is 0. The van der Waals surface area contributed by atoms with Gasteiger partial charge < -0.3 is 48.7 Å². The molecule has 0 aromatic carbocycles. The molecule has 2 aromatic rings. The van der Waals surface area contributed by atoms with E-state index in [1.807, 2.05) is 38.5 Å². The Morgan fingerprint density at radius 3 is 2.46 bits per heavy atom. The van der Waals surface area contributed by atoms with E-state index in [1.54, 1.807) is 12.5 Å². The van der Waals surface area contributed by atoms with E-state index in [2.05, 4.69) is 30.6 Å². The normalized spacial score (nSPS) is 33.6. The predicted molar refractivity (Wildman–Crippen MR) is 145 cm³/mol.